The number of rotatable bonds is 18. The van der Waals surface area contributed by atoms with Gasteiger partial charge in [-0.1, -0.05) is 41.0 Å². The summed E-state index contributed by atoms with van der Waals surface area (Å²) >= 11 is 0. The van der Waals surface area contributed by atoms with Gasteiger partial charge in [-0.2, -0.15) is 0 Å². The summed E-state index contributed by atoms with van der Waals surface area (Å²) in [5.74, 6) is -2.51. The molecule has 0 bridgehead atoms. The molecule has 0 radical (unpaired) electrons. The van der Waals surface area contributed by atoms with Crippen molar-refractivity contribution in [1.82, 2.24) is 24.7 Å². The number of nitrogens with one attached hydrogen (secondary N) is 1. The fraction of sp³-hybridized carbons (Fsp3) is 0.639. The summed E-state index contributed by atoms with van der Waals surface area (Å²) in [7, 11) is 4.87. The maximum absolute atomic E-state index is 14.4. The van der Waals surface area contributed by atoms with E-state index >= 15 is 0 Å². The largest absolute Gasteiger partial charge is 0.399 e. The van der Waals surface area contributed by atoms with E-state index in [1.54, 1.807) is 56.9 Å². The summed E-state index contributed by atoms with van der Waals surface area (Å²) in [6.45, 7) is 11.3. The number of imidazole rings is 1. The number of nitrogens with zero attached hydrogens (tertiary/aromatic N) is 4. The van der Waals surface area contributed by atoms with Gasteiger partial charge in [0.1, 0.15) is 0 Å². The van der Waals surface area contributed by atoms with Crippen LogP contribution >= 0.6 is 0 Å². The van der Waals surface area contributed by atoms with Crippen LogP contribution in [0.3, 0.4) is 0 Å². The summed E-state index contributed by atoms with van der Waals surface area (Å²) in [5.41, 5.74) is 13.0. The number of carbonyl (C=O) groups excluding carboxylic acids is 4. The van der Waals surface area contributed by atoms with Gasteiger partial charge >= 0.3 is 0 Å². The number of nitrogen functional groups attached to an aromatic ring is 1. The number of anilines is 1. The molecule has 13 nitrogen and oxygen atoms in total. The molecule has 272 valence electrons. The first-order chi connectivity index (χ1) is 23.3. The summed E-state index contributed by atoms with van der Waals surface area (Å²) in [6.07, 6.45) is 6.38. The molecule has 0 aliphatic carbocycles. The number of likely N-dealkylation sites (tertiary alicyclic amines) is 1. The van der Waals surface area contributed by atoms with Gasteiger partial charge in [-0.3, -0.25) is 19.2 Å². The molecule has 1 aromatic heterocycles. The molecule has 13 heteroatoms. The molecule has 1 aliphatic heterocycles. The minimum atomic E-state index is -0.700. The van der Waals surface area contributed by atoms with Gasteiger partial charge in [0.2, 0.25) is 23.6 Å². The lowest BCUT2D eigenvalue weighted by Crippen LogP contribution is -2.54. The third kappa shape index (κ3) is 9.60. The fourth-order valence-electron chi connectivity index (χ4n) is 7.25. The van der Waals surface area contributed by atoms with E-state index in [2.05, 4.69) is 10.3 Å². The molecular weight excluding hydrogens is 626 g/mol. The Morgan fingerprint density at radius 2 is 1.84 bits per heavy atom. The number of benzene rings is 1. The molecule has 0 unspecified atom stereocenters. The Kier molecular flexibility index (Phi) is 14.6. The van der Waals surface area contributed by atoms with Crippen molar-refractivity contribution >= 4 is 29.3 Å². The first kappa shape index (κ1) is 39.5. The molecule has 1 aromatic carbocycles. The van der Waals surface area contributed by atoms with Crippen molar-refractivity contribution in [1.29, 1.82) is 0 Å². The Labute approximate surface area is 291 Å². The Balaban J connectivity index is 1.81. The predicted molar refractivity (Wildman–Crippen MR) is 188 cm³/mol. The highest BCUT2D eigenvalue weighted by Gasteiger charge is 2.43. The number of hydrogen-bond acceptors (Lipinski definition) is 8. The van der Waals surface area contributed by atoms with Gasteiger partial charge < -0.3 is 40.6 Å². The number of amides is 4. The topological polar surface area (TPSA) is 175 Å². The van der Waals surface area contributed by atoms with Crippen molar-refractivity contribution in [2.75, 3.05) is 40.1 Å². The van der Waals surface area contributed by atoms with E-state index in [4.69, 9.17) is 20.9 Å². The molecule has 7 atom stereocenters. The van der Waals surface area contributed by atoms with Gasteiger partial charge in [-0.05, 0) is 48.4 Å². The molecule has 49 heavy (non-hydrogen) atoms. The van der Waals surface area contributed by atoms with Crippen LogP contribution in [-0.4, -0.2) is 102 Å². The molecule has 0 saturated carbocycles. The lowest BCUT2D eigenvalue weighted by molar-refractivity contribution is -0.146. The maximum Gasteiger partial charge on any atom is 0.249 e. The van der Waals surface area contributed by atoms with Crippen LogP contribution < -0.4 is 16.8 Å². The zero-order valence-corrected chi connectivity index (χ0v) is 30.4. The maximum atomic E-state index is 14.4. The SMILES string of the molecule is CC[C@H](C)[C@@H]([C@@H](CC(=O)N1CCC[C@H]1[C@H](OC)[C@@H](C)C(=O)NCCn1ccnc1)OC)N(C)C(=O)[C@H](c1cc(N)ccc1C(N)=O)C(C)C. The normalized spacial score (nSPS) is 18.4. The Hall–Kier alpha value is -3.97. The van der Waals surface area contributed by atoms with Gasteiger partial charge in [0.25, 0.3) is 0 Å². The van der Waals surface area contributed by atoms with E-state index in [9.17, 15) is 19.2 Å². The van der Waals surface area contributed by atoms with Gasteiger partial charge in [0, 0.05) is 64.5 Å². The van der Waals surface area contributed by atoms with Crippen molar-refractivity contribution in [2.45, 2.75) is 97.1 Å². The van der Waals surface area contributed by atoms with E-state index in [1.807, 2.05) is 50.3 Å². The highest BCUT2D eigenvalue weighted by molar-refractivity contribution is 5.97. The standard InChI is InChI=1S/C36H57N7O6/c1-9-23(4)32(41(6)36(47)31(22(2)3)27-19-25(37)12-13-26(27)34(38)45)29(48-7)20-30(44)43-16-10-11-28(43)33(49-8)24(5)35(46)40-15-18-42-17-14-39-21-42/h12-14,17,19,21-24,28-29,31-33H,9-11,15-16,18,20,37H2,1-8H3,(H2,38,45)(H,40,46)/t23-,24+,28-,29+,31-,32-,33+/m0/s1. The van der Waals surface area contributed by atoms with E-state index in [0.717, 1.165) is 12.8 Å². The zero-order valence-electron chi connectivity index (χ0n) is 30.4. The number of methoxy groups -OCH3 is 2. The van der Waals surface area contributed by atoms with E-state index in [-0.39, 0.29) is 47.6 Å². The quantitative estimate of drug-likeness (QED) is 0.201. The number of likely N-dealkylation sites (N-methyl/N-ethyl adjacent to an activating group) is 1. The second kappa shape index (κ2) is 18.1. The van der Waals surface area contributed by atoms with Gasteiger partial charge in [0.15, 0.2) is 0 Å². The minimum Gasteiger partial charge on any atom is -0.399 e. The molecule has 0 spiro atoms. The van der Waals surface area contributed by atoms with Gasteiger partial charge in [-0.25, -0.2) is 4.98 Å². The molecule has 2 heterocycles. The molecule has 5 N–H and O–H groups in total. The average molecular weight is 684 g/mol. The number of ether oxygens (including phenoxy) is 2. The average Bonchev–Trinajstić information content (AvgIpc) is 3.77. The number of hydrogen-bond donors (Lipinski definition) is 3. The third-order valence-corrected chi connectivity index (χ3v) is 10.1. The zero-order chi connectivity index (χ0) is 36.4. The number of nitrogens with two attached hydrogens (primary N) is 2. The van der Waals surface area contributed by atoms with Crippen molar-refractivity contribution < 1.29 is 28.7 Å². The first-order valence-electron chi connectivity index (χ1n) is 17.3. The number of carbonyl (C=O) groups is 4. The van der Waals surface area contributed by atoms with Crippen LogP contribution in [-0.2, 0) is 30.4 Å². The van der Waals surface area contributed by atoms with Crippen LogP contribution in [0.1, 0.15) is 82.1 Å². The van der Waals surface area contributed by atoms with E-state index in [1.165, 1.54) is 0 Å². The van der Waals surface area contributed by atoms with Crippen LogP contribution in [0, 0.1) is 17.8 Å². The van der Waals surface area contributed by atoms with Crippen LogP contribution in [0.5, 0.6) is 0 Å². The number of aromatic nitrogens is 2. The number of primary amides is 1. The van der Waals surface area contributed by atoms with Crippen LogP contribution in [0.4, 0.5) is 5.69 Å². The van der Waals surface area contributed by atoms with Crippen LogP contribution in [0.15, 0.2) is 36.9 Å². The molecule has 2 aromatic rings. The molecule has 4 amide bonds. The summed E-state index contributed by atoms with van der Waals surface area (Å²) in [6, 6.07) is 4.06. The summed E-state index contributed by atoms with van der Waals surface area (Å²) < 4.78 is 13.8. The predicted octanol–water partition coefficient (Wildman–Crippen LogP) is 3.04. The Bertz CT molecular complexity index is 1400. The molecule has 1 aliphatic rings. The highest BCUT2D eigenvalue weighted by Crippen LogP contribution is 2.34. The van der Waals surface area contributed by atoms with Gasteiger partial charge in [0.05, 0.1) is 48.9 Å². The van der Waals surface area contributed by atoms with Gasteiger partial charge in [-0.15, -0.1) is 0 Å². The smallest absolute Gasteiger partial charge is 0.249 e. The second-order valence-electron chi connectivity index (χ2n) is 13.6. The lowest BCUT2D eigenvalue weighted by atomic mass is 9.82. The molecule has 1 saturated heterocycles. The third-order valence-electron chi connectivity index (χ3n) is 10.1. The first-order valence-corrected chi connectivity index (χ1v) is 17.3. The molecule has 1 fully saturated rings. The van der Waals surface area contributed by atoms with Crippen LogP contribution in [0.2, 0.25) is 0 Å². The fourth-order valence-corrected chi connectivity index (χ4v) is 7.25. The minimum absolute atomic E-state index is 0.0249. The van der Waals surface area contributed by atoms with E-state index in [0.29, 0.717) is 37.3 Å². The van der Waals surface area contributed by atoms with Crippen molar-refractivity contribution in [3.8, 4) is 0 Å². The van der Waals surface area contributed by atoms with Crippen molar-refractivity contribution in [2.24, 2.45) is 23.5 Å². The summed E-state index contributed by atoms with van der Waals surface area (Å²) in [4.78, 5) is 61.5. The lowest BCUT2D eigenvalue weighted by Gasteiger charge is -2.41. The molecular formula is C36H57N7O6. The van der Waals surface area contributed by atoms with Crippen LogP contribution in [0.25, 0.3) is 0 Å². The Morgan fingerprint density at radius 1 is 1.12 bits per heavy atom. The van der Waals surface area contributed by atoms with E-state index < -0.39 is 36.0 Å². The Morgan fingerprint density at radius 3 is 2.41 bits per heavy atom. The molecule has 3 rings (SSSR count). The van der Waals surface area contributed by atoms with Crippen molar-refractivity contribution in [3.63, 3.8) is 0 Å². The highest BCUT2D eigenvalue weighted by atomic mass is 16.5. The van der Waals surface area contributed by atoms with Crippen molar-refractivity contribution in [3.05, 3.63) is 48.0 Å². The monoisotopic (exact) mass is 683 g/mol. The second-order valence-corrected chi connectivity index (χ2v) is 13.6. The summed E-state index contributed by atoms with van der Waals surface area (Å²) in [5, 5.41) is 2.98.